The highest BCUT2D eigenvalue weighted by Crippen LogP contribution is 2.39. The molecular formula is C14H17N3O2S. The van der Waals surface area contributed by atoms with Crippen LogP contribution < -0.4 is 10.1 Å². The number of rotatable bonds is 4. The summed E-state index contributed by atoms with van der Waals surface area (Å²) >= 11 is 1.76. The van der Waals surface area contributed by atoms with E-state index in [1.807, 2.05) is 18.2 Å². The van der Waals surface area contributed by atoms with Gasteiger partial charge in [-0.15, -0.1) is 11.8 Å². The predicted molar refractivity (Wildman–Crippen MR) is 76.8 cm³/mol. The highest BCUT2D eigenvalue weighted by Gasteiger charge is 2.25. The normalized spacial score (nSPS) is 17.9. The van der Waals surface area contributed by atoms with E-state index in [-0.39, 0.29) is 6.10 Å². The Bertz CT molecular complexity index is 585. The van der Waals surface area contributed by atoms with Crippen LogP contribution in [0.2, 0.25) is 0 Å². The molecule has 1 aromatic carbocycles. The second-order valence-corrected chi connectivity index (χ2v) is 6.01. The number of aromatic nitrogens is 2. The molecule has 20 heavy (non-hydrogen) atoms. The second kappa shape index (κ2) is 5.85. The van der Waals surface area contributed by atoms with Crippen molar-refractivity contribution < 1.29 is 9.26 Å². The van der Waals surface area contributed by atoms with Gasteiger partial charge >= 0.3 is 0 Å². The third kappa shape index (κ3) is 2.96. The first-order valence-corrected chi connectivity index (χ1v) is 7.65. The smallest absolute Gasteiger partial charge is 0.240 e. The van der Waals surface area contributed by atoms with E-state index in [0.29, 0.717) is 24.3 Å². The molecule has 0 saturated carbocycles. The van der Waals surface area contributed by atoms with Gasteiger partial charge in [0.2, 0.25) is 11.7 Å². The Morgan fingerprint density at radius 1 is 1.40 bits per heavy atom. The van der Waals surface area contributed by atoms with Crippen LogP contribution in [0.1, 0.15) is 31.7 Å². The average molecular weight is 291 g/mol. The van der Waals surface area contributed by atoms with Gasteiger partial charge < -0.3 is 14.6 Å². The van der Waals surface area contributed by atoms with Gasteiger partial charge in [0, 0.05) is 16.7 Å². The maximum Gasteiger partial charge on any atom is 0.240 e. The Kier molecular flexibility index (Phi) is 3.93. The summed E-state index contributed by atoms with van der Waals surface area (Å²) in [6.07, 6.45) is -0.147. The number of fused-ring (bicyclic) bond motifs is 1. The minimum atomic E-state index is -0.147. The molecule has 0 amide bonds. The van der Waals surface area contributed by atoms with Crippen LogP contribution in [-0.4, -0.2) is 21.9 Å². The summed E-state index contributed by atoms with van der Waals surface area (Å²) in [5, 5.41) is 7.28. The summed E-state index contributed by atoms with van der Waals surface area (Å²) < 4.78 is 11.2. The number of thioether (sulfide) groups is 1. The van der Waals surface area contributed by atoms with Crippen LogP contribution in [0.15, 0.2) is 33.7 Å². The number of ether oxygens (including phenoxy) is 1. The molecule has 0 aliphatic carbocycles. The summed E-state index contributed by atoms with van der Waals surface area (Å²) in [6.45, 7) is 4.74. The van der Waals surface area contributed by atoms with Crippen molar-refractivity contribution in [2.24, 2.45) is 0 Å². The fraction of sp³-hybridized carbons (Fsp3) is 0.429. The summed E-state index contributed by atoms with van der Waals surface area (Å²) in [4.78, 5) is 5.56. The maximum absolute atomic E-state index is 5.93. The zero-order valence-electron chi connectivity index (χ0n) is 11.5. The van der Waals surface area contributed by atoms with Gasteiger partial charge in [0.25, 0.3) is 0 Å². The molecule has 2 aromatic rings. The van der Waals surface area contributed by atoms with Gasteiger partial charge in [-0.2, -0.15) is 4.98 Å². The number of hydrogen-bond donors (Lipinski definition) is 1. The van der Waals surface area contributed by atoms with Crippen LogP contribution in [-0.2, 0) is 6.54 Å². The van der Waals surface area contributed by atoms with Crippen molar-refractivity contribution >= 4 is 11.8 Å². The van der Waals surface area contributed by atoms with Gasteiger partial charge in [-0.3, -0.25) is 0 Å². The van der Waals surface area contributed by atoms with E-state index in [1.54, 1.807) is 11.8 Å². The van der Waals surface area contributed by atoms with Crippen LogP contribution in [0.4, 0.5) is 0 Å². The van der Waals surface area contributed by atoms with Gasteiger partial charge in [-0.25, -0.2) is 0 Å². The van der Waals surface area contributed by atoms with Crippen molar-refractivity contribution in [1.29, 1.82) is 0 Å². The van der Waals surface area contributed by atoms with Crippen molar-refractivity contribution in [3.8, 4) is 5.75 Å². The lowest BCUT2D eigenvalue weighted by atomic mass is 10.3. The Labute approximate surface area is 122 Å². The Balaban J connectivity index is 1.69. The summed E-state index contributed by atoms with van der Waals surface area (Å²) in [5.41, 5.74) is 0. The largest absolute Gasteiger partial charge is 0.480 e. The Morgan fingerprint density at radius 3 is 3.10 bits per heavy atom. The molecule has 1 aliphatic heterocycles. The molecule has 0 fully saturated rings. The fourth-order valence-corrected chi connectivity index (χ4v) is 2.89. The molecule has 1 N–H and O–H groups in total. The van der Waals surface area contributed by atoms with Crippen LogP contribution >= 0.6 is 11.8 Å². The van der Waals surface area contributed by atoms with Gasteiger partial charge in [0.05, 0.1) is 6.54 Å². The average Bonchev–Trinajstić information content (AvgIpc) is 2.93. The zero-order chi connectivity index (χ0) is 13.9. The third-order valence-electron chi connectivity index (χ3n) is 2.94. The summed E-state index contributed by atoms with van der Waals surface area (Å²) in [6, 6.07) is 8.40. The van der Waals surface area contributed by atoms with Crippen molar-refractivity contribution in [2.75, 3.05) is 5.75 Å². The lowest BCUT2D eigenvalue weighted by Crippen LogP contribution is -2.22. The summed E-state index contributed by atoms with van der Waals surface area (Å²) in [7, 11) is 0. The topological polar surface area (TPSA) is 60.2 Å². The molecule has 1 aromatic heterocycles. The van der Waals surface area contributed by atoms with E-state index in [0.717, 1.165) is 16.4 Å². The molecule has 106 valence electrons. The van der Waals surface area contributed by atoms with Gasteiger partial charge in [0.15, 0.2) is 6.10 Å². The van der Waals surface area contributed by atoms with Gasteiger partial charge in [-0.1, -0.05) is 31.1 Å². The van der Waals surface area contributed by atoms with Crippen LogP contribution in [0, 0.1) is 0 Å². The van der Waals surface area contributed by atoms with Crippen molar-refractivity contribution in [3.63, 3.8) is 0 Å². The van der Waals surface area contributed by atoms with Crippen molar-refractivity contribution in [1.82, 2.24) is 15.5 Å². The standard InChI is InChI=1S/C14H17N3O2S/c1-9(2)15-7-13-16-14(17-19-13)11-8-20-12-6-4-3-5-10(12)18-11/h3-6,9,11,15H,7-8H2,1-2H3. The number of nitrogens with one attached hydrogen (secondary N) is 1. The predicted octanol–water partition coefficient (Wildman–Crippen LogP) is 2.79. The highest BCUT2D eigenvalue weighted by molar-refractivity contribution is 7.99. The molecule has 1 aliphatic rings. The van der Waals surface area contributed by atoms with Crippen molar-refractivity contribution in [2.45, 2.75) is 37.4 Å². The summed E-state index contributed by atoms with van der Waals surface area (Å²) in [5.74, 6) is 2.90. The van der Waals surface area contributed by atoms with E-state index >= 15 is 0 Å². The maximum atomic E-state index is 5.93. The molecule has 6 heteroatoms. The van der Waals surface area contributed by atoms with Crippen LogP contribution in [0.25, 0.3) is 0 Å². The zero-order valence-corrected chi connectivity index (χ0v) is 12.3. The lowest BCUT2D eigenvalue weighted by Gasteiger charge is -2.22. The van der Waals surface area contributed by atoms with Crippen molar-refractivity contribution in [3.05, 3.63) is 36.0 Å². The molecular weight excluding hydrogens is 274 g/mol. The molecule has 0 saturated heterocycles. The molecule has 1 atom stereocenters. The lowest BCUT2D eigenvalue weighted by molar-refractivity contribution is 0.205. The number of hydrogen-bond acceptors (Lipinski definition) is 6. The van der Waals surface area contributed by atoms with E-state index in [4.69, 9.17) is 9.26 Å². The third-order valence-corrected chi connectivity index (χ3v) is 4.06. The number of nitrogens with zero attached hydrogens (tertiary/aromatic N) is 2. The SMILES string of the molecule is CC(C)NCc1nc(C2CSc3ccccc3O2)no1. The highest BCUT2D eigenvalue weighted by atomic mass is 32.2. The molecule has 0 bridgehead atoms. The molecule has 5 nitrogen and oxygen atoms in total. The first kappa shape index (κ1) is 13.5. The van der Waals surface area contributed by atoms with Gasteiger partial charge in [0.1, 0.15) is 5.75 Å². The first-order chi connectivity index (χ1) is 9.72. The van der Waals surface area contributed by atoms with Crippen LogP contribution in [0.5, 0.6) is 5.75 Å². The Hall–Kier alpha value is -1.53. The van der Waals surface area contributed by atoms with E-state index in [1.165, 1.54) is 0 Å². The molecule has 3 rings (SSSR count). The number of benzene rings is 1. The monoisotopic (exact) mass is 291 g/mol. The van der Waals surface area contributed by atoms with E-state index < -0.39 is 0 Å². The molecule has 0 spiro atoms. The van der Waals surface area contributed by atoms with Crippen LogP contribution in [0.3, 0.4) is 0 Å². The molecule has 2 heterocycles. The van der Waals surface area contributed by atoms with E-state index in [9.17, 15) is 0 Å². The molecule has 1 unspecified atom stereocenters. The molecule has 0 radical (unpaired) electrons. The van der Waals surface area contributed by atoms with E-state index in [2.05, 4.69) is 35.4 Å². The Morgan fingerprint density at radius 2 is 2.25 bits per heavy atom. The second-order valence-electron chi connectivity index (χ2n) is 4.95. The first-order valence-electron chi connectivity index (χ1n) is 6.66. The number of para-hydroxylation sites is 1. The quantitative estimate of drug-likeness (QED) is 0.934. The van der Waals surface area contributed by atoms with Gasteiger partial charge in [-0.05, 0) is 12.1 Å². The minimum absolute atomic E-state index is 0.147. The fourth-order valence-electron chi connectivity index (χ4n) is 1.91. The minimum Gasteiger partial charge on any atom is -0.480 e.